The molecule has 0 saturated carbocycles. The molecule has 5 amide bonds. The molecular formula is C40H68N6O7. The zero-order valence-electron chi connectivity index (χ0n) is 34.3. The number of carbonyl (C=O) groups excluding carboxylic acids is 5. The molecule has 1 unspecified atom stereocenters. The van der Waals surface area contributed by atoms with Gasteiger partial charge in [-0.3, -0.25) is 28.9 Å². The second-order valence-corrected chi connectivity index (χ2v) is 15.6. The lowest BCUT2D eigenvalue weighted by Gasteiger charge is -2.41. The van der Waals surface area contributed by atoms with Crippen LogP contribution in [0.25, 0.3) is 0 Å². The number of amides is 5. The Balaban J connectivity index is 2.27. The largest absolute Gasteiger partial charge is 0.379 e. The van der Waals surface area contributed by atoms with Gasteiger partial charge in [0.1, 0.15) is 12.1 Å². The molecule has 1 aliphatic rings. The zero-order valence-corrected chi connectivity index (χ0v) is 34.3. The Morgan fingerprint density at radius 2 is 1.53 bits per heavy atom. The number of benzene rings is 1. The third-order valence-corrected chi connectivity index (χ3v) is 10.9. The summed E-state index contributed by atoms with van der Waals surface area (Å²) in [6.07, 6.45) is 1.07. The molecule has 1 fully saturated rings. The monoisotopic (exact) mass is 745 g/mol. The van der Waals surface area contributed by atoms with E-state index in [1.54, 1.807) is 30.9 Å². The van der Waals surface area contributed by atoms with Crippen molar-refractivity contribution >= 4 is 29.5 Å². The molecular weight excluding hydrogens is 676 g/mol. The first-order valence-corrected chi connectivity index (χ1v) is 19.1. The SMILES string of the molecule is CC[C@H](C)C([C@@H](CC(=O)N1CCC[C@H]1[C@H](OC)[C@@H](C)C(=O)N[C@@H](Cc1ccccc1)C(N)=O)OC)N(C)C(=O)[C@@H](NC(=O)[C@H](C(C)C)N(C)C)C(C)C. The van der Waals surface area contributed by atoms with Crippen LogP contribution in [0, 0.1) is 23.7 Å². The summed E-state index contributed by atoms with van der Waals surface area (Å²) < 4.78 is 11.9. The Kier molecular flexibility index (Phi) is 18.4. The van der Waals surface area contributed by atoms with E-state index in [1.807, 2.05) is 90.9 Å². The average molecular weight is 745 g/mol. The lowest BCUT2D eigenvalue weighted by atomic mass is 9.89. The maximum atomic E-state index is 14.2. The van der Waals surface area contributed by atoms with Crippen molar-refractivity contribution in [1.82, 2.24) is 25.3 Å². The molecule has 1 aliphatic heterocycles. The van der Waals surface area contributed by atoms with E-state index in [1.165, 1.54) is 7.11 Å². The number of hydrogen-bond donors (Lipinski definition) is 3. The predicted octanol–water partition coefficient (Wildman–Crippen LogP) is 2.85. The van der Waals surface area contributed by atoms with E-state index in [4.69, 9.17) is 15.2 Å². The summed E-state index contributed by atoms with van der Waals surface area (Å²) in [5.74, 6) is -2.51. The molecule has 13 nitrogen and oxygen atoms in total. The van der Waals surface area contributed by atoms with E-state index in [0.29, 0.717) is 13.0 Å². The highest BCUT2D eigenvalue weighted by atomic mass is 16.5. The molecule has 0 bridgehead atoms. The zero-order chi connectivity index (χ0) is 40.2. The summed E-state index contributed by atoms with van der Waals surface area (Å²) in [7, 11) is 8.50. The van der Waals surface area contributed by atoms with Gasteiger partial charge in [0.25, 0.3) is 0 Å². The molecule has 4 N–H and O–H groups in total. The number of likely N-dealkylation sites (N-methyl/N-ethyl adjacent to an activating group) is 2. The highest BCUT2D eigenvalue weighted by molar-refractivity contribution is 5.90. The van der Waals surface area contributed by atoms with Crippen molar-refractivity contribution in [3.63, 3.8) is 0 Å². The van der Waals surface area contributed by atoms with Gasteiger partial charge in [0, 0.05) is 34.2 Å². The molecule has 300 valence electrons. The average Bonchev–Trinajstić information content (AvgIpc) is 3.59. The second kappa shape index (κ2) is 21.4. The van der Waals surface area contributed by atoms with E-state index in [2.05, 4.69) is 10.6 Å². The standard InChI is InChI=1S/C40H68N6O7/c1-13-26(6)35(45(10)40(51)33(24(2)3)43-39(50)34(25(4)5)44(8)9)31(52-11)23-32(47)46-21-17-20-30(46)36(53-12)27(7)38(49)42-29(37(41)48)22-28-18-15-14-16-19-28/h14-16,18-19,24-27,29-31,33-36H,13,17,20-23H2,1-12H3,(H2,41,48)(H,42,49)(H,43,50)/t26-,27+,29-,30-,31+,33-,34-,35?,36+/m0/s1. The van der Waals surface area contributed by atoms with E-state index >= 15 is 0 Å². The van der Waals surface area contributed by atoms with Crippen molar-refractivity contribution in [2.24, 2.45) is 29.4 Å². The number of nitrogens with zero attached hydrogens (tertiary/aromatic N) is 3. The fourth-order valence-corrected chi connectivity index (χ4v) is 7.79. The van der Waals surface area contributed by atoms with Gasteiger partial charge in [0.15, 0.2) is 0 Å². The highest BCUT2D eigenvalue weighted by Crippen LogP contribution is 2.30. The molecule has 13 heteroatoms. The first-order valence-electron chi connectivity index (χ1n) is 19.1. The van der Waals surface area contributed by atoms with Crippen LogP contribution in [0.1, 0.15) is 79.7 Å². The van der Waals surface area contributed by atoms with Crippen LogP contribution in [0.4, 0.5) is 0 Å². The number of primary amides is 1. The molecule has 1 aromatic rings. The number of hydrogen-bond acceptors (Lipinski definition) is 8. The number of methoxy groups -OCH3 is 2. The Morgan fingerprint density at radius 3 is 2.02 bits per heavy atom. The number of ether oxygens (including phenoxy) is 2. The summed E-state index contributed by atoms with van der Waals surface area (Å²) in [6, 6.07) is 6.40. The Hall–Kier alpha value is -3.55. The molecule has 2 rings (SSSR count). The van der Waals surface area contributed by atoms with Crippen LogP contribution < -0.4 is 16.4 Å². The lowest BCUT2D eigenvalue weighted by Crippen LogP contribution is -2.59. The Bertz CT molecular complexity index is 1330. The third-order valence-electron chi connectivity index (χ3n) is 10.9. The number of nitrogens with one attached hydrogen (secondary N) is 2. The second-order valence-electron chi connectivity index (χ2n) is 15.6. The van der Waals surface area contributed by atoms with Gasteiger partial charge in [-0.1, -0.05) is 85.2 Å². The third kappa shape index (κ3) is 12.2. The predicted molar refractivity (Wildman–Crippen MR) is 206 cm³/mol. The van der Waals surface area contributed by atoms with Gasteiger partial charge in [-0.15, -0.1) is 0 Å². The van der Waals surface area contributed by atoms with Gasteiger partial charge >= 0.3 is 0 Å². The number of carbonyl (C=O) groups is 5. The van der Waals surface area contributed by atoms with E-state index in [9.17, 15) is 24.0 Å². The van der Waals surface area contributed by atoms with Gasteiger partial charge in [-0.2, -0.15) is 0 Å². The quantitative estimate of drug-likeness (QED) is 0.173. The Labute approximate surface area is 318 Å². The van der Waals surface area contributed by atoms with Gasteiger partial charge in [0.2, 0.25) is 29.5 Å². The van der Waals surface area contributed by atoms with E-state index < -0.39 is 48.2 Å². The summed E-state index contributed by atoms with van der Waals surface area (Å²) >= 11 is 0. The number of nitrogens with two attached hydrogens (primary N) is 1. The summed E-state index contributed by atoms with van der Waals surface area (Å²) in [5.41, 5.74) is 6.54. The van der Waals surface area contributed by atoms with Crippen LogP contribution in [0.5, 0.6) is 0 Å². The van der Waals surface area contributed by atoms with Gasteiger partial charge < -0.3 is 35.6 Å². The maximum absolute atomic E-state index is 14.2. The van der Waals surface area contributed by atoms with Crippen LogP contribution >= 0.6 is 0 Å². The maximum Gasteiger partial charge on any atom is 0.245 e. The topological polar surface area (TPSA) is 164 Å². The van der Waals surface area contributed by atoms with Crippen LogP contribution in [-0.2, 0) is 39.9 Å². The summed E-state index contributed by atoms with van der Waals surface area (Å²) in [4.78, 5) is 72.9. The van der Waals surface area contributed by atoms with Crippen molar-refractivity contribution < 1.29 is 33.4 Å². The minimum absolute atomic E-state index is 0.00617. The van der Waals surface area contributed by atoms with Crippen molar-refractivity contribution in [2.45, 2.75) is 123 Å². The van der Waals surface area contributed by atoms with Crippen molar-refractivity contribution in [1.29, 1.82) is 0 Å². The van der Waals surface area contributed by atoms with Crippen LogP contribution in [-0.4, -0.2) is 129 Å². The van der Waals surface area contributed by atoms with Gasteiger partial charge in [-0.25, -0.2) is 0 Å². The molecule has 0 aromatic heterocycles. The molecule has 9 atom stereocenters. The first kappa shape index (κ1) is 45.6. The normalized spacial score (nSPS) is 19.2. The molecule has 1 saturated heterocycles. The molecule has 1 heterocycles. The Morgan fingerprint density at radius 1 is 0.906 bits per heavy atom. The van der Waals surface area contributed by atoms with Crippen molar-refractivity contribution in [3.05, 3.63) is 35.9 Å². The van der Waals surface area contributed by atoms with Crippen LogP contribution in [0.15, 0.2) is 30.3 Å². The van der Waals surface area contributed by atoms with Gasteiger partial charge in [0.05, 0.1) is 42.7 Å². The van der Waals surface area contributed by atoms with Gasteiger partial charge in [-0.05, 0) is 50.3 Å². The summed E-state index contributed by atoms with van der Waals surface area (Å²) in [6.45, 7) is 14.0. The highest BCUT2D eigenvalue weighted by Gasteiger charge is 2.43. The van der Waals surface area contributed by atoms with E-state index in [0.717, 1.165) is 18.4 Å². The van der Waals surface area contributed by atoms with Crippen LogP contribution in [0.3, 0.4) is 0 Å². The molecule has 0 radical (unpaired) electrons. The molecule has 53 heavy (non-hydrogen) atoms. The first-order chi connectivity index (χ1) is 24.9. The van der Waals surface area contributed by atoms with Crippen molar-refractivity contribution in [3.8, 4) is 0 Å². The molecule has 0 spiro atoms. The van der Waals surface area contributed by atoms with Crippen molar-refractivity contribution in [2.75, 3.05) is 41.9 Å². The van der Waals surface area contributed by atoms with E-state index in [-0.39, 0.29) is 60.3 Å². The van der Waals surface area contributed by atoms with Crippen LogP contribution in [0.2, 0.25) is 0 Å². The number of likely N-dealkylation sites (tertiary alicyclic amines) is 1. The number of rotatable bonds is 21. The molecule has 1 aromatic carbocycles. The fourth-order valence-electron chi connectivity index (χ4n) is 7.79. The minimum Gasteiger partial charge on any atom is -0.379 e. The lowest BCUT2D eigenvalue weighted by molar-refractivity contribution is -0.148. The fraction of sp³-hybridized carbons (Fsp3) is 0.725. The minimum atomic E-state index is -0.904. The summed E-state index contributed by atoms with van der Waals surface area (Å²) in [5, 5.41) is 5.84. The smallest absolute Gasteiger partial charge is 0.245 e. The molecule has 0 aliphatic carbocycles.